The molecule has 5 heteroatoms. The molecular formula is C16H25N3O2. The van der Waals surface area contributed by atoms with Gasteiger partial charge in [-0.3, -0.25) is 0 Å². The van der Waals surface area contributed by atoms with E-state index in [1.165, 1.54) is 0 Å². The Morgan fingerprint density at radius 3 is 2.43 bits per heavy atom. The number of hydrogen-bond acceptors (Lipinski definition) is 4. The van der Waals surface area contributed by atoms with Crippen LogP contribution >= 0.6 is 0 Å². The maximum absolute atomic E-state index is 5.66. The molecule has 0 amide bonds. The largest absolute Gasteiger partial charge is 0.493 e. The van der Waals surface area contributed by atoms with Crippen LogP contribution in [-0.4, -0.2) is 30.7 Å². The predicted molar refractivity (Wildman–Crippen MR) is 85.0 cm³/mol. The van der Waals surface area contributed by atoms with Crippen molar-refractivity contribution >= 4 is 11.0 Å². The summed E-state index contributed by atoms with van der Waals surface area (Å²) in [7, 11) is 3.27. The zero-order chi connectivity index (χ0) is 15.5. The molecule has 0 atom stereocenters. The summed E-state index contributed by atoms with van der Waals surface area (Å²) in [6.45, 7) is 5.21. The lowest BCUT2D eigenvalue weighted by molar-refractivity contribution is 0.311. The van der Waals surface area contributed by atoms with E-state index in [0.717, 1.165) is 42.7 Å². The summed E-state index contributed by atoms with van der Waals surface area (Å²) in [4.78, 5) is 8.00. The summed E-state index contributed by atoms with van der Waals surface area (Å²) in [5.74, 6) is 2.40. The number of benzene rings is 1. The molecule has 0 radical (unpaired) electrons. The summed E-state index contributed by atoms with van der Waals surface area (Å²) in [6, 6.07) is 3.83. The average Bonchev–Trinajstić information content (AvgIpc) is 2.85. The fourth-order valence-corrected chi connectivity index (χ4v) is 2.48. The van der Waals surface area contributed by atoms with Gasteiger partial charge in [-0.15, -0.1) is 0 Å². The Balaban J connectivity index is 2.19. The van der Waals surface area contributed by atoms with E-state index in [-0.39, 0.29) is 5.41 Å². The fraction of sp³-hybridized carbons (Fsp3) is 0.562. The molecule has 116 valence electrons. The number of methoxy groups -OCH3 is 2. The van der Waals surface area contributed by atoms with E-state index >= 15 is 0 Å². The lowest BCUT2D eigenvalue weighted by Gasteiger charge is -2.22. The van der Waals surface area contributed by atoms with E-state index in [1.807, 2.05) is 12.1 Å². The molecule has 0 spiro atoms. The number of aryl methyl sites for hydroxylation is 1. The molecule has 1 aromatic carbocycles. The molecule has 0 aliphatic rings. The van der Waals surface area contributed by atoms with Gasteiger partial charge in [-0.25, -0.2) is 4.98 Å². The highest BCUT2D eigenvalue weighted by atomic mass is 16.5. The van der Waals surface area contributed by atoms with E-state index in [4.69, 9.17) is 15.2 Å². The summed E-state index contributed by atoms with van der Waals surface area (Å²) in [6.07, 6.45) is 2.99. The van der Waals surface area contributed by atoms with Gasteiger partial charge < -0.3 is 20.2 Å². The van der Waals surface area contributed by atoms with Crippen LogP contribution in [0.15, 0.2) is 12.1 Å². The van der Waals surface area contributed by atoms with Gasteiger partial charge in [0.1, 0.15) is 5.82 Å². The average molecular weight is 291 g/mol. The van der Waals surface area contributed by atoms with Crippen LogP contribution in [0.25, 0.3) is 11.0 Å². The number of nitrogens with one attached hydrogen (secondary N) is 1. The number of aromatic nitrogens is 2. The van der Waals surface area contributed by atoms with Crippen LogP contribution in [0.3, 0.4) is 0 Å². The maximum Gasteiger partial charge on any atom is 0.163 e. The van der Waals surface area contributed by atoms with Crippen LogP contribution < -0.4 is 15.2 Å². The molecule has 0 bridgehead atoms. The normalized spacial score (nSPS) is 11.9. The van der Waals surface area contributed by atoms with Crippen molar-refractivity contribution in [1.82, 2.24) is 9.97 Å². The Labute approximate surface area is 125 Å². The highest BCUT2D eigenvalue weighted by Gasteiger charge is 2.18. The molecular weight excluding hydrogens is 266 g/mol. The number of rotatable bonds is 7. The number of nitrogens with two attached hydrogens (primary N) is 1. The molecule has 3 N–H and O–H groups in total. The fourth-order valence-electron chi connectivity index (χ4n) is 2.48. The predicted octanol–water partition coefficient (Wildman–Crippen LogP) is 2.89. The Bertz CT molecular complexity index is 564. The van der Waals surface area contributed by atoms with Gasteiger partial charge in [-0.1, -0.05) is 13.8 Å². The Morgan fingerprint density at radius 1 is 1.14 bits per heavy atom. The second-order valence-electron chi connectivity index (χ2n) is 6.11. The first-order valence-corrected chi connectivity index (χ1v) is 7.30. The third-order valence-electron chi connectivity index (χ3n) is 3.90. The van der Waals surface area contributed by atoms with E-state index < -0.39 is 0 Å². The van der Waals surface area contributed by atoms with Crippen LogP contribution in [0.2, 0.25) is 0 Å². The molecule has 0 saturated carbocycles. The van der Waals surface area contributed by atoms with Crippen molar-refractivity contribution in [1.29, 1.82) is 0 Å². The first-order valence-electron chi connectivity index (χ1n) is 7.30. The van der Waals surface area contributed by atoms with E-state index in [1.54, 1.807) is 14.2 Å². The number of aromatic amines is 1. The topological polar surface area (TPSA) is 73.2 Å². The molecule has 2 rings (SSSR count). The van der Waals surface area contributed by atoms with Crippen molar-refractivity contribution in [3.63, 3.8) is 0 Å². The highest BCUT2D eigenvalue weighted by Crippen LogP contribution is 2.32. The quantitative estimate of drug-likeness (QED) is 0.822. The lowest BCUT2D eigenvalue weighted by atomic mass is 9.84. The number of imidazole rings is 1. The molecule has 0 unspecified atom stereocenters. The summed E-state index contributed by atoms with van der Waals surface area (Å²) in [5, 5.41) is 0. The van der Waals surface area contributed by atoms with Crippen LogP contribution in [0, 0.1) is 5.41 Å². The molecule has 0 fully saturated rings. The Morgan fingerprint density at radius 2 is 1.81 bits per heavy atom. The van der Waals surface area contributed by atoms with Crippen molar-refractivity contribution in [2.75, 3.05) is 20.8 Å². The second kappa shape index (κ2) is 6.35. The minimum absolute atomic E-state index is 0.239. The van der Waals surface area contributed by atoms with Crippen molar-refractivity contribution in [3.05, 3.63) is 18.0 Å². The molecule has 0 aliphatic heterocycles. The Hall–Kier alpha value is -1.75. The molecule has 21 heavy (non-hydrogen) atoms. The molecule has 1 aromatic heterocycles. The highest BCUT2D eigenvalue weighted by molar-refractivity contribution is 5.79. The zero-order valence-electron chi connectivity index (χ0n) is 13.3. The smallest absolute Gasteiger partial charge is 0.163 e. The van der Waals surface area contributed by atoms with Crippen LogP contribution in [0.5, 0.6) is 11.5 Å². The van der Waals surface area contributed by atoms with Gasteiger partial charge in [-0.2, -0.15) is 0 Å². The molecule has 2 aromatic rings. The van der Waals surface area contributed by atoms with Crippen molar-refractivity contribution < 1.29 is 9.47 Å². The van der Waals surface area contributed by atoms with Gasteiger partial charge in [0.2, 0.25) is 0 Å². The summed E-state index contributed by atoms with van der Waals surface area (Å²) < 4.78 is 10.6. The van der Waals surface area contributed by atoms with Crippen LogP contribution in [0.1, 0.15) is 32.5 Å². The number of hydrogen-bond donors (Lipinski definition) is 2. The number of ether oxygens (including phenoxy) is 2. The van der Waals surface area contributed by atoms with Crippen molar-refractivity contribution in [2.45, 2.75) is 33.1 Å². The molecule has 0 saturated heterocycles. The molecule has 0 aliphatic carbocycles. The zero-order valence-corrected chi connectivity index (χ0v) is 13.3. The first-order chi connectivity index (χ1) is 9.99. The maximum atomic E-state index is 5.66. The van der Waals surface area contributed by atoms with Gasteiger partial charge >= 0.3 is 0 Å². The summed E-state index contributed by atoms with van der Waals surface area (Å²) in [5.41, 5.74) is 7.77. The minimum atomic E-state index is 0.239. The SMILES string of the molecule is COc1cc2nc(CCC(C)(C)CCN)[nH]c2cc1OC. The van der Waals surface area contributed by atoms with Gasteiger partial charge in [-0.05, 0) is 24.8 Å². The van der Waals surface area contributed by atoms with Crippen molar-refractivity contribution in [3.8, 4) is 11.5 Å². The lowest BCUT2D eigenvalue weighted by Crippen LogP contribution is -2.18. The minimum Gasteiger partial charge on any atom is -0.493 e. The third kappa shape index (κ3) is 3.67. The molecule has 1 heterocycles. The van der Waals surface area contributed by atoms with Crippen molar-refractivity contribution in [2.24, 2.45) is 11.1 Å². The number of H-pyrrole nitrogens is 1. The van der Waals surface area contributed by atoms with Gasteiger partial charge in [0, 0.05) is 18.6 Å². The van der Waals surface area contributed by atoms with Gasteiger partial charge in [0.15, 0.2) is 11.5 Å². The number of fused-ring (bicyclic) bond motifs is 1. The van der Waals surface area contributed by atoms with E-state index in [2.05, 4.69) is 23.8 Å². The second-order valence-corrected chi connectivity index (χ2v) is 6.11. The molecule has 5 nitrogen and oxygen atoms in total. The number of nitrogens with zero attached hydrogens (tertiary/aromatic N) is 1. The van der Waals surface area contributed by atoms with E-state index in [9.17, 15) is 0 Å². The monoisotopic (exact) mass is 291 g/mol. The Kier molecular flexibility index (Phi) is 4.73. The van der Waals surface area contributed by atoms with Gasteiger partial charge in [0.25, 0.3) is 0 Å². The van der Waals surface area contributed by atoms with Crippen LogP contribution in [0.4, 0.5) is 0 Å². The van der Waals surface area contributed by atoms with Crippen LogP contribution in [-0.2, 0) is 6.42 Å². The third-order valence-corrected chi connectivity index (χ3v) is 3.90. The first kappa shape index (κ1) is 15.6. The van der Waals surface area contributed by atoms with E-state index in [0.29, 0.717) is 11.5 Å². The standard InChI is InChI=1S/C16H25N3O2/c1-16(2,7-8-17)6-5-15-18-11-9-13(20-3)14(21-4)10-12(11)19-15/h9-10H,5-8,17H2,1-4H3,(H,18,19). The van der Waals surface area contributed by atoms with Gasteiger partial charge in [0.05, 0.1) is 25.3 Å². The summed E-state index contributed by atoms with van der Waals surface area (Å²) >= 11 is 0.